The van der Waals surface area contributed by atoms with Gasteiger partial charge in [-0.1, -0.05) is 11.6 Å². The Morgan fingerprint density at radius 3 is 2.89 bits per heavy atom. The van der Waals surface area contributed by atoms with Crippen molar-refractivity contribution in [2.24, 2.45) is 0 Å². The Morgan fingerprint density at radius 1 is 1.42 bits per heavy atom. The lowest BCUT2D eigenvalue weighted by atomic mass is 10.1. The van der Waals surface area contributed by atoms with E-state index in [1.54, 1.807) is 12.1 Å². The van der Waals surface area contributed by atoms with E-state index in [1.807, 2.05) is 0 Å². The number of H-pyrrole nitrogens is 1. The van der Waals surface area contributed by atoms with Crippen molar-refractivity contribution in [3.05, 3.63) is 39.4 Å². The maximum absolute atomic E-state index is 13.2. The van der Waals surface area contributed by atoms with E-state index >= 15 is 0 Å². The molecule has 1 heterocycles. The summed E-state index contributed by atoms with van der Waals surface area (Å²) in [6, 6.07) is 4.78. The first-order chi connectivity index (χ1) is 8.94. The fourth-order valence-electron chi connectivity index (χ4n) is 2.51. The topological polar surface area (TPSA) is 45.8 Å². The second-order valence-electron chi connectivity index (χ2n) is 4.91. The molecule has 0 amide bonds. The van der Waals surface area contributed by atoms with Crippen LogP contribution in [-0.2, 0) is 0 Å². The van der Waals surface area contributed by atoms with Gasteiger partial charge in [0.15, 0.2) is 0 Å². The van der Waals surface area contributed by atoms with Gasteiger partial charge in [0, 0.05) is 23.8 Å². The number of nitrogens with zero attached hydrogens (tertiary/aromatic N) is 1. The third-order valence-electron chi connectivity index (χ3n) is 3.48. The first kappa shape index (κ1) is 12.5. The van der Waals surface area contributed by atoms with Crippen LogP contribution < -0.4 is 5.56 Å². The van der Waals surface area contributed by atoms with Crippen molar-refractivity contribution in [1.29, 1.82) is 0 Å². The maximum atomic E-state index is 13.2. The van der Waals surface area contributed by atoms with E-state index in [0.717, 1.165) is 0 Å². The molecule has 1 aromatic heterocycles. The molecule has 1 aliphatic carbocycles. The molecule has 0 bridgehead atoms. The highest BCUT2D eigenvalue weighted by Crippen LogP contribution is 2.43. The standard InChI is InChI=1S/C13H11ClF2N2O/c14-8-1-2-10-9(5-8)12(19)18-11(17-10)7-3-4-13(15,16)6-7/h1-2,5,7H,3-4,6H2,(H,17,18,19)/t7-/m1/s1. The summed E-state index contributed by atoms with van der Waals surface area (Å²) < 4.78 is 26.4. The lowest BCUT2D eigenvalue weighted by molar-refractivity contribution is 0.00754. The molecule has 1 fully saturated rings. The first-order valence-corrected chi connectivity index (χ1v) is 6.40. The summed E-state index contributed by atoms with van der Waals surface area (Å²) in [5, 5.41) is 0.820. The second kappa shape index (κ2) is 4.27. The minimum absolute atomic E-state index is 0.153. The summed E-state index contributed by atoms with van der Waals surface area (Å²) in [6.07, 6.45) is -0.0654. The van der Waals surface area contributed by atoms with Gasteiger partial charge in [-0.25, -0.2) is 13.8 Å². The fourth-order valence-corrected chi connectivity index (χ4v) is 2.68. The van der Waals surface area contributed by atoms with Gasteiger partial charge in [0.1, 0.15) is 5.82 Å². The third kappa shape index (κ3) is 2.34. The van der Waals surface area contributed by atoms with E-state index in [1.165, 1.54) is 6.07 Å². The van der Waals surface area contributed by atoms with E-state index in [2.05, 4.69) is 9.97 Å². The molecule has 3 nitrogen and oxygen atoms in total. The van der Waals surface area contributed by atoms with Crippen molar-refractivity contribution in [3.63, 3.8) is 0 Å². The number of hydrogen-bond acceptors (Lipinski definition) is 2. The number of rotatable bonds is 1. The zero-order valence-electron chi connectivity index (χ0n) is 9.92. The van der Waals surface area contributed by atoms with Gasteiger partial charge in [0.05, 0.1) is 10.9 Å². The number of aromatic nitrogens is 2. The van der Waals surface area contributed by atoms with Gasteiger partial charge < -0.3 is 4.98 Å². The minimum Gasteiger partial charge on any atom is -0.310 e. The molecule has 3 rings (SSSR count). The summed E-state index contributed by atoms with van der Waals surface area (Å²) in [4.78, 5) is 18.8. The Labute approximate surface area is 112 Å². The predicted octanol–water partition coefficient (Wildman–Crippen LogP) is 3.48. The Hall–Kier alpha value is -1.49. The number of fused-ring (bicyclic) bond motifs is 1. The van der Waals surface area contributed by atoms with Gasteiger partial charge in [0.25, 0.3) is 5.56 Å². The smallest absolute Gasteiger partial charge is 0.258 e. The zero-order valence-corrected chi connectivity index (χ0v) is 10.7. The van der Waals surface area contributed by atoms with E-state index < -0.39 is 5.92 Å². The molecule has 6 heteroatoms. The molecular formula is C13H11ClF2N2O. The summed E-state index contributed by atoms with van der Waals surface area (Å²) in [7, 11) is 0. The van der Waals surface area contributed by atoms with Gasteiger partial charge in [-0.3, -0.25) is 4.79 Å². The fraction of sp³-hybridized carbons (Fsp3) is 0.385. The van der Waals surface area contributed by atoms with Gasteiger partial charge in [-0.2, -0.15) is 0 Å². The first-order valence-electron chi connectivity index (χ1n) is 6.02. The molecule has 1 atom stereocenters. The van der Waals surface area contributed by atoms with Gasteiger partial charge in [0.2, 0.25) is 5.92 Å². The molecule has 1 saturated carbocycles. The van der Waals surface area contributed by atoms with Gasteiger partial charge >= 0.3 is 0 Å². The Kier molecular flexibility index (Phi) is 2.82. The van der Waals surface area contributed by atoms with E-state index in [4.69, 9.17) is 11.6 Å². The summed E-state index contributed by atoms with van der Waals surface area (Å²) in [6.45, 7) is 0. The number of nitrogens with one attached hydrogen (secondary N) is 1. The quantitative estimate of drug-likeness (QED) is 0.871. The average Bonchev–Trinajstić information content (AvgIpc) is 2.70. The molecule has 1 aromatic carbocycles. The molecule has 0 radical (unpaired) electrons. The number of benzene rings is 1. The SMILES string of the molecule is O=c1[nH]c([C@@H]2CCC(F)(F)C2)nc2ccc(Cl)cc12. The van der Waals surface area contributed by atoms with Crippen LogP contribution >= 0.6 is 11.6 Å². The van der Waals surface area contributed by atoms with Crippen molar-refractivity contribution >= 4 is 22.5 Å². The van der Waals surface area contributed by atoms with Crippen molar-refractivity contribution in [3.8, 4) is 0 Å². The molecule has 0 aliphatic heterocycles. The number of alkyl halides is 2. The highest BCUT2D eigenvalue weighted by molar-refractivity contribution is 6.31. The van der Waals surface area contributed by atoms with Crippen LogP contribution in [0.2, 0.25) is 5.02 Å². The van der Waals surface area contributed by atoms with Gasteiger partial charge in [-0.05, 0) is 24.6 Å². The van der Waals surface area contributed by atoms with E-state index in [9.17, 15) is 13.6 Å². The largest absolute Gasteiger partial charge is 0.310 e. The third-order valence-corrected chi connectivity index (χ3v) is 3.71. The average molecular weight is 285 g/mol. The summed E-state index contributed by atoms with van der Waals surface area (Å²) >= 11 is 5.82. The molecule has 2 aromatic rings. The van der Waals surface area contributed by atoms with Crippen molar-refractivity contribution in [1.82, 2.24) is 9.97 Å². The Morgan fingerprint density at radius 2 is 2.21 bits per heavy atom. The zero-order chi connectivity index (χ0) is 13.6. The molecule has 0 unspecified atom stereocenters. The van der Waals surface area contributed by atoms with Crippen LogP contribution in [0, 0.1) is 0 Å². The summed E-state index contributed by atoms with van der Waals surface area (Å²) in [5.41, 5.74) is 0.149. The molecule has 1 N–H and O–H groups in total. The van der Waals surface area contributed by atoms with Crippen molar-refractivity contribution < 1.29 is 8.78 Å². The highest BCUT2D eigenvalue weighted by atomic mass is 35.5. The van der Waals surface area contributed by atoms with Crippen LogP contribution in [0.5, 0.6) is 0 Å². The maximum Gasteiger partial charge on any atom is 0.258 e. The Balaban J connectivity index is 2.07. The van der Waals surface area contributed by atoms with Crippen LogP contribution in [0.3, 0.4) is 0 Å². The molecule has 0 spiro atoms. The minimum atomic E-state index is -2.65. The lowest BCUT2D eigenvalue weighted by Crippen LogP contribution is -2.15. The summed E-state index contributed by atoms with van der Waals surface area (Å²) in [5.74, 6) is -2.70. The normalized spacial score (nSPS) is 21.9. The van der Waals surface area contributed by atoms with Crippen molar-refractivity contribution in [2.45, 2.75) is 31.1 Å². The monoisotopic (exact) mass is 284 g/mol. The molecule has 0 saturated heterocycles. The van der Waals surface area contributed by atoms with E-state index in [0.29, 0.717) is 28.2 Å². The van der Waals surface area contributed by atoms with Crippen LogP contribution in [0.1, 0.15) is 31.0 Å². The molecular weight excluding hydrogens is 274 g/mol. The van der Waals surface area contributed by atoms with Crippen LogP contribution in [0.4, 0.5) is 8.78 Å². The Bertz CT molecular complexity index is 699. The van der Waals surface area contributed by atoms with Crippen LogP contribution in [0.25, 0.3) is 10.9 Å². The van der Waals surface area contributed by atoms with Gasteiger partial charge in [-0.15, -0.1) is 0 Å². The highest BCUT2D eigenvalue weighted by Gasteiger charge is 2.41. The lowest BCUT2D eigenvalue weighted by Gasteiger charge is -2.10. The predicted molar refractivity (Wildman–Crippen MR) is 68.9 cm³/mol. The van der Waals surface area contributed by atoms with Crippen LogP contribution in [0.15, 0.2) is 23.0 Å². The van der Waals surface area contributed by atoms with Crippen LogP contribution in [-0.4, -0.2) is 15.9 Å². The van der Waals surface area contributed by atoms with Crippen molar-refractivity contribution in [2.75, 3.05) is 0 Å². The van der Waals surface area contributed by atoms with E-state index in [-0.39, 0.29) is 24.3 Å². The number of hydrogen-bond donors (Lipinski definition) is 1. The second-order valence-corrected chi connectivity index (χ2v) is 5.34. The molecule has 1 aliphatic rings. The number of halogens is 3. The number of aromatic amines is 1. The molecule has 100 valence electrons. The molecule has 19 heavy (non-hydrogen) atoms.